The number of carbonyl (C=O) groups excluding carboxylic acids is 2. The summed E-state index contributed by atoms with van der Waals surface area (Å²) in [5.41, 5.74) is 2.83. The van der Waals surface area contributed by atoms with Gasteiger partial charge >= 0.3 is 6.03 Å². The Morgan fingerprint density at radius 3 is 2.51 bits per heavy atom. The molecule has 0 radical (unpaired) electrons. The summed E-state index contributed by atoms with van der Waals surface area (Å²) in [6.07, 6.45) is 0.668. The Balaban J connectivity index is 1.81. The minimum Gasteiger partial charge on any atom is -0.332 e. The van der Waals surface area contributed by atoms with Crippen LogP contribution in [0.5, 0.6) is 0 Å². The fraction of sp³-hybridized carbons (Fsp3) is 0.296. The molecular weight excluding hydrogens is 463 g/mol. The van der Waals surface area contributed by atoms with E-state index in [0.717, 1.165) is 16.0 Å². The van der Waals surface area contributed by atoms with Gasteiger partial charge in [0.2, 0.25) is 5.91 Å². The minimum atomic E-state index is -0.406. The molecule has 0 saturated heterocycles. The minimum absolute atomic E-state index is 0.107. The van der Waals surface area contributed by atoms with Gasteiger partial charge in [0.1, 0.15) is 12.4 Å². The second-order valence-electron chi connectivity index (χ2n) is 8.41. The number of amides is 3. The van der Waals surface area contributed by atoms with Gasteiger partial charge in [0.05, 0.1) is 18.2 Å². The summed E-state index contributed by atoms with van der Waals surface area (Å²) in [4.78, 5) is 31.0. The lowest BCUT2D eigenvalue weighted by molar-refractivity contribution is -0.133. The molecule has 0 bridgehead atoms. The molecule has 1 aromatic heterocycles. The molecular formula is C27H29FN4O2S. The highest BCUT2D eigenvalue weighted by atomic mass is 32.1. The number of rotatable bonds is 9. The Morgan fingerprint density at radius 2 is 1.89 bits per heavy atom. The summed E-state index contributed by atoms with van der Waals surface area (Å²) >= 11 is 1.58. The van der Waals surface area contributed by atoms with E-state index in [1.807, 2.05) is 32.2 Å². The largest absolute Gasteiger partial charge is 0.332 e. The number of benzene rings is 2. The number of nitriles is 1. The van der Waals surface area contributed by atoms with E-state index in [-0.39, 0.29) is 24.3 Å². The number of urea groups is 1. The molecule has 182 valence electrons. The zero-order chi connectivity index (χ0) is 25.4. The third kappa shape index (κ3) is 7.14. The van der Waals surface area contributed by atoms with Crippen molar-refractivity contribution in [2.75, 3.05) is 11.9 Å². The molecule has 3 amide bonds. The lowest BCUT2D eigenvalue weighted by atomic mass is 10.2. The first-order valence-electron chi connectivity index (χ1n) is 11.4. The molecule has 6 nitrogen and oxygen atoms in total. The Bertz CT molecular complexity index is 1200. The number of hydrogen-bond donors (Lipinski definition) is 1. The number of carbonyl (C=O) groups is 2. The quantitative estimate of drug-likeness (QED) is 0.402. The lowest BCUT2D eigenvalue weighted by Crippen LogP contribution is -2.47. The molecule has 0 spiro atoms. The molecule has 8 heteroatoms. The highest BCUT2D eigenvalue weighted by molar-refractivity contribution is 7.10. The van der Waals surface area contributed by atoms with Crippen molar-refractivity contribution in [1.82, 2.24) is 9.80 Å². The number of anilines is 1. The Kier molecular flexibility index (Phi) is 8.98. The molecule has 0 fully saturated rings. The highest BCUT2D eigenvalue weighted by Gasteiger charge is 2.26. The van der Waals surface area contributed by atoms with Crippen LogP contribution >= 0.6 is 11.3 Å². The van der Waals surface area contributed by atoms with Crippen LogP contribution in [0.2, 0.25) is 0 Å². The molecule has 35 heavy (non-hydrogen) atoms. The zero-order valence-corrected chi connectivity index (χ0v) is 20.9. The maximum atomic E-state index is 13.5. The van der Waals surface area contributed by atoms with Gasteiger partial charge < -0.3 is 15.1 Å². The van der Waals surface area contributed by atoms with Crippen LogP contribution in [0.25, 0.3) is 0 Å². The van der Waals surface area contributed by atoms with E-state index < -0.39 is 6.03 Å². The monoisotopic (exact) mass is 492 g/mol. The smallest absolute Gasteiger partial charge is 0.322 e. The number of thiophene rings is 1. The number of hydrogen-bond acceptors (Lipinski definition) is 4. The molecule has 1 heterocycles. The standard InChI is InChI=1S/C27H29FN4O2S/c1-4-20(3)32(27(34)30-24-7-5-6-22(14-24)15-29)18-26(33)31(17-25-19(2)12-13-35-25)16-21-8-10-23(28)11-9-21/h5-14,20H,4,16-18H2,1-3H3,(H,30,34). The van der Waals surface area contributed by atoms with E-state index in [0.29, 0.717) is 30.8 Å². The van der Waals surface area contributed by atoms with Gasteiger partial charge in [0.25, 0.3) is 0 Å². The average Bonchev–Trinajstić information content (AvgIpc) is 3.26. The molecule has 0 saturated carbocycles. The van der Waals surface area contributed by atoms with Crippen LogP contribution in [0.3, 0.4) is 0 Å². The van der Waals surface area contributed by atoms with Crippen LogP contribution in [0.15, 0.2) is 60.0 Å². The predicted molar refractivity (Wildman–Crippen MR) is 136 cm³/mol. The summed E-state index contributed by atoms with van der Waals surface area (Å²) in [7, 11) is 0. The van der Waals surface area contributed by atoms with Crippen LogP contribution < -0.4 is 5.32 Å². The van der Waals surface area contributed by atoms with Crippen molar-refractivity contribution < 1.29 is 14.0 Å². The second-order valence-corrected chi connectivity index (χ2v) is 9.41. The van der Waals surface area contributed by atoms with Crippen molar-refractivity contribution in [2.45, 2.75) is 46.3 Å². The van der Waals surface area contributed by atoms with Crippen molar-refractivity contribution in [3.8, 4) is 6.07 Å². The summed E-state index contributed by atoms with van der Waals surface area (Å²) < 4.78 is 13.4. The molecule has 0 aliphatic heterocycles. The second kappa shape index (κ2) is 12.1. The number of aryl methyl sites for hydroxylation is 1. The summed E-state index contributed by atoms with van der Waals surface area (Å²) in [5, 5.41) is 13.9. The van der Waals surface area contributed by atoms with Crippen LogP contribution in [-0.4, -0.2) is 34.3 Å². The van der Waals surface area contributed by atoms with Crippen molar-refractivity contribution in [3.63, 3.8) is 0 Å². The summed E-state index contributed by atoms with van der Waals surface area (Å²) in [6.45, 7) is 6.45. The third-order valence-electron chi connectivity index (χ3n) is 5.87. The molecule has 3 rings (SSSR count). The molecule has 1 atom stereocenters. The average molecular weight is 493 g/mol. The van der Waals surface area contributed by atoms with Crippen LogP contribution in [0.4, 0.5) is 14.9 Å². The van der Waals surface area contributed by atoms with Gasteiger partial charge in [-0.3, -0.25) is 4.79 Å². The Hall–Kier alpha value is -3.70. The van der Waals surface area contributed by atoms with Gasteiger partial charge in [0.15, 0.2) is 0 Å². The van der Waals surface area contributed by atoms with Crippen molar-refractivity contribution in [3.05, 3.63) is 87.4 Å². The number of nitrogens with one attached hydrogen (secondary N) is 1. The van der Waals surface area contributed by atoms with E-state index >= 15 is 0 Å². The maximum absolute atomic E-state index is 13.5. The SMILES string of the molecule is CCC(C)N(CC(=O)N(Cc1ccc(F)cc1)Cc1sccc1C)C(=O)Nc1cccc(C#N)c1. The van der Waals surface area contributed by atoms with E-state index in [1.165, 1.54) is 17.0 Å². The molecule has 3 aromatic rings. The van der Waals surface area contributed by atoms with Gasteiger partial charge in [-0.1, -0.05) is 25.1 Å². The normalized spacial score (nSPS) is 11.4. The van der Waals surface area contributed by atoms with Crippen molar-refractivity contribution in [2.24, 2.45) is 0 Å². The van der Waals surface area contributed by atoms with E-state index in [2.05, 4.69) is 11.4 Å². The summed E-state index contributed by atoms with van der Waals surface area (Å²) in [5.74, 6) is -0.538. The van der Waals surface area contributed by atoms with Crippen molar-refractivity contribution >= 4 is 29.0 Å². The molecule has 1 N–H and O–H groups in total. The van der Waals surface area contributed by atoms with Crippen LogP contribution in [0, 0.1) is 24.1 Å². The van der Waals surface area contributed by atoms with E-state index in [9.17, 15) is 14.0 Å². The first-order valence-corrected chi connectivity index (χ1v) is 12.3. The predicted octanol–water partition coefficient (Wildman–Crippen LogP) is 5.93. The third-order valence-corrected chi connectivity index (χ3v) is 6.88. The van der Waals surface area contributed by atoms with Gasteiger partial charge in [-0.05, 0) is 73.2 Å². The molecule has 0 aliphatic carbocycles. The van der Waals surface area contributed by atoms with Crippen LogP contribution in [0.1, 0.15) is 41.8 Å². The Labute approximate surface area is 209 Å². The molecule has 1 unspecified atom stereocenters. The first kappa shape index (κ1) is 25.9. The lowest BCUT2D eigenvalue weighted by Gasteiger charge is -2.31. The Morgan fingerprint density at radius 1 is 1.14 bits per heavy atom. The highest BCUT2D eigenvalue weighted by Crippen LogP contribution is 2.20. The van der Waals surface area contributed by atoms with Gasteiger partial charge in [0, 0.05) is 23.2 Å². The fourth-order valence-corrected chi connectivity index (χ4v) is 4.46. The molecule has 0 aliphatic rings. The van der Waals surface area contributed by atoms with Crippen molar-refractivity contribution in [1.29, 1.82) is 5.26 Å². The van der Waals surface area contributed by atoms with Gasteiger partial charge in [-0.15, -0.1) is 11.3 Å². The topological polar surface area (TPSA) is 76.4 Å². The summed E-state index contributed by atoms with van der Waals surface area (Å²) in [6, 6.07) is 16.2. The number of nitrogens with zero attached hydrogens (tertiary/aromatic N) is 3. The first-order chi connectivity index (χ1) is 16.8. The van der Waals surface area contributed by atoms with E-state index in [4.69, 9.17) is 5.26 Å². The maximum Gasteiger partial charge on any atom is 0.322 e. The van der Waals surface area contributed by atoms with Gasteiger partial charge in [-0.2, -0.15) is 5.26 Å². The van der Waals surface area contributed by atoms with Crippen LogP contribution in [-0.2, 0) is 17.9 Å². The zero-order valence-electron chi connectivity index (χ0n) is 20.1. The fourth-order valence-electron chi connectivity index (χ4n) is 3.54. The van der Waals surface area contributed by atoms with E-state index in [1.54, 1.807) is 52.6 Å². The molecule has 2 aromatic carbocycles. The van der Waals surface area contributed by atoms with Gasteiger partial charge in [-0.25, -0.2) is 9.18 Å². The number of halogens is 1.